The van der Waals surface area contributed by atoms with Crippen molar-refractivity contribution in [3.05, 3.63) is 12.3 Å². The van der Waals surface area contributed by atoms with Gasteiger partial charge in [-0.2, -0.15) is 0 Å². The minimum atomic E-state index is 0.486. The van der Waals surface area contributed by atoms with Gasteiger partial charge in [0.05, 0.1) is 6.26 Å². The summed E-state index contributed by atoms with van der Waals surface area (Å²) in [4.78, 5) is 0. The first-order chi connectivity index (χ1) is 3.68. The summed E-state index contributed by atoms with van der Waals surface area (Å²) in [6, 6.07) is 0. The maximum Gasteiger partial charge on any atom is 0.0754 e. The molecule has 0 aromatic carbocycles. The molecule has 1 N–H and O–H groups in total. The van der Waals surface area contributed by atoms with Crippen LogP contribution in [0.3, 0.4) is 0 Å². The molecule has 0 saturated carbocycles. The SMILES string of the molecule is CC(C)C(C)C=CO. The molecule has 0 rings (SSSR count). The lowest BCUT2D eigenvalue weighted by Gasteiger charge is -2.07. The van der Waals surface area contributed by atoms with E-state index in [2.05, 4.69) is 20.8 Å². The Morgan fingerprint density at radius 1 is 1.25 bits per heavy atom. The average molecular weight is 114 g/mol. The molecule has 48 valence electrons. The molecule has 8 heavy (non-hydrogen) atoms. The van der Waals surface area contributed by atoms with Crippen LogP contribution in [0.25, 0.3) is 0 Å². The minimum Gasteiger partial charge on any atom is -0.516 e. The lowest BCUT2D eigenvalue weighted by Crippen LogP contribution is -1.98. The Bertz CT molecular complexity index is 74.5. The highest BCUT2D eigenvalue weighted by molar-refractivity contribution is 4.80. The van der Waals surface area contributed by atoms with E-state index in [1.807, 2.05) is 0 Å². The van der Waals surface area contributed by atoms with E-state index in [0.717, 1.165) is 6.26 Å². The van der Waals surface area contributed by atoms with E-state index in [0.29, 0.717) is 11.8 Å². The van der Waals surface area contributed by atoms with Crippen molar-refractivity contribution in [3.8, 4) is 0 Å². The van der Waals surface area contributed by atoms with Gasteiger partial charge in [-0.3, -0.25) is 0 Å². The Labute approximate surface area is 51.0 Å². The van der Waals surface area contributed by atoms with Crippen molar-refractivity contribution in [1.29, 1.82) is 0 Å². The molecule has 0 bridgehead atoms. The van der Waals surface area contributed by atoms with Gasteiger partial charge >= 0.3 is 0 Å². The van der Waals surface area contributed by atoms with Crippen LogP contribution in [-0.2, 0) is 0 Å². The lowest BCUT2D eigenvalue weighted by atomic mass is 9.99. The first kappa shape index (κ1) is 7.54. The number of allylic oxidation sites excluding steroid dienone is 1. The van der Waals surface area contributed by atoms with Gasteiger partial charge in [0, 0.05) is 0 Å². The molecule has 0 amide bonds. The van der Waals surface area contributed by atoms with E-state index in [9.17, 15) is 0 Å². The minimum absolute atomic E-state index is 0.486. The Morgan fingerprint density at radius 2 is 1.75 bits per heavy atom. The fourth-order valence-electron chi connectivity index (χ4n) is 0.358. The molecule has 0 spiro atoms. The van der Waals surface area contributed by atoms with Gasteiger partial charge in [0.2, 0.25) is 0 Å². The summed E-state index contributed by atoms with van der Waals surface area (Å²) < 4.78 is 0. The fraction of sp³-hybridized carbons (Fsp3) is 0.714. The zero-order chi connectivity index (χ0) is 6.57. The van der Waals surface area contributed by atoms with Gasteiger partial charge in [-0.05, 0) is 17.9 Å². The molecular formula is C7H14O. The molecule has 0 radical (unpaired) electrons. The molecule has 0 aromatic rings. The maximum atomic E-state index is 8.30. The summed E-state index contributed by atoms with van der Waals surface area (Å²) in [5.74, 6) is 1.11. The van der Waals surface area contributed by atoms with Crippen LogP contribution in [0.2, 0.25) is 0 Å². The number of hydrogen-bond acceptors (Lipinski definition) is 1. The molecule has 1 atom stereocenters. The summed E-state index contributed by atoms with van der Waals surface area (Å²) in [5.41, 5.74) is 0. The van der Waals surface area contributed by atoms with Crippen molar-refractivity contribution in [2.45, 2.75) is 20.8 Å². The maximum absolute atomic E-state index is 8.30. The van der Waals surface area contributed by atoms with Gasteiger partial charge in [-0.15, -0.1) is 0 Å². The highest BCUT2D eigenvalue weighted by Crippen LogP contribution is 2.09. The summed E-state index contributed by atoms with van der Waals surface area (Å²) in [6.45, 7) is 6.34. The van der Waals surface area contributed by atoms with Crippen molar-refractivity contribution >= 4 is 0 Å². The third kappa shape index (κ3) is 2.67. The van der Waals surface area contributed by atoms with Crippen molar-refractivity contribution in [3.63, 3.8) is 0 Å². The highest BCUT2D eigenvalue weighted by atomic mass is 16.2. The standard InChI is InChI=1S/C7H14O/c1-6(2)7(3)4-5-8/h4-8H,1-3H3. The topological polar surface area (TPSA) is 20.2 Å². The summed E-state index contributed by atoms with van der Waals surface area (Å²) in [7, 11) is 0. The molecule has 0 heterocycles. The Morgan fingerprint density at radius 3 is 1.88 bits per heavy atom. The highest BCUT2D eigenvalue weighted by Gasteiger charge is 2.00. The van der Waals surface area contributed by atoms with E-state index >= 15 is 0 Å². The number of aliphatic hydroxyl groups excluding tert-OH is 1. The molecule has 1 heteroatoms. The summed E-state index contributed by atoms with van der Waals surface area (Å²) in [6.07, 6.45) is 2.91. The predicted octanol–water partition coefficient (Wildman–Crippen LogP) is 2.35. The molecule has 0 aliphatic heterocycles. The van der Waals surface area contributed by atoms with Crippen LogP contribution in [0.15, 0.2) is 12.3 Å². The van der Waals surface area contributed by atoms with Gasteiger partial charge in [-0.1, -0.05) is 20.8 Å². The van der Waals surface area contributed by atoms with Crippen LogP contribution in [0.1, 0.15) is 20.8 Å². The van der Waals surface area contributed by atoms with Crippen molar-refractivity contribution in [2.24, 2.45) is 11.8 Å². The normalized spacial score (nSPS) is 15.5. The van der Waals surface area contributed by atoms with Crippen LogP contribution in [0.5, 0.6) is 0 Å². The van der Waals surface area contributed by atoms with Crippen molar-refractivity contribution < 1.29 is 5.11 Å². The van der Waals surface area contributed by atoms with Crippen LogP contribution in [0, 0.1) is 11.8 Å². The number of aliphatic hydroxyl groups is 1. The quantitative estimate of drug-likeness (QED) is 0.546. The van der Waals surface area contributed by atoms with Crippen molar-refractivity contribution in [1.82, 2.24) is 0 Å². The molecule has 1 unspecified atom stereocenters. The van der Waals surface area contributed by atoms with E-state index in [4.69, 9.17) is 5.11 Å². The van der Waals surface area contributed by atoms with Gasteiger partial charge in [-0.25, -0.2) is 0 Å². The molecule has 0 aliphatic carbocycles. The third-order valence-corrected chi connectivity index (χ3v) is 1.44. The smallest absolute Gasteiger partial charge is 0.0754 e. The van der Waals surface area contributed by atoms with Crippen molar-refractivity contribution in [2.75, 3.05) is 0 Å². The second-order valence-corrected chi connectivity index (χ2v) is 2.44. The molecule has 0 fully saturated rings. The molecule has 1 nitrogen and oxygen atoms in total. The average Bonchev–Trinajstić information content (AvgIpc) is 1.67. The first-order valence-electron chi connectivity index (χ1n) is 2.99. The summed E-state index contributed by atoms with van der Waals surface area (Å²) in [5, 5.41) is 8.30. The molecule has 0 aliphatic rings. The lowest BCUT2D eigenvalue weighted by molar-refractivity contribution is 0.445. The Kier molecular flexibility index (Phi) is 3.33. The second-order valence-electron chi connectivity index (χ2n) is 2.44. The van der Waals surface area contributed by atoms with Gasteiger partial charge in [0.1, 0.15) is 0 Å². The molecular weight excluding hydrogens is 100 g/mol. The van der Waals surface area contributed by atoms with Gasteiger partial charge in [0.25, 0.3) is 0 Å². The zero-order valence-corrected chi connectivity index (χ0v) is 5.76. The van der Waals surface area contributed by atoms with E-state index < -0.39 is 0 Å². The third-order valence-electron chi connectivity index (χ3n) is 1.44. The predicted molar refractivity (Wildman–Crippen MR) is 35.8 cm³/mol. The first-order valence-corrected chi connectivity index (χ1v) is 2.99. The molecule has 0 saturated heterocycles. The van der Waals surface area contributed by atoms with Gasteiger partial charge < -0.3 is 5.11 Å². The van der Waals surface area contributed by atoms with E-state index in [1.165, 1.54) is 0 Å². The number of rotatable bonds is 2. The second kappa shape index (κ2) is 3.53. The fourth-order valence-corrected chi connectivity index (χ4v) is 0.358. The summed E-state index contributed by atoms with van der Waals surface area (Å²) >= 11 is 0. The Hall–Kier alpha value is -0.460. The largest absolute Gasteiger partial charge is 0.516 e. The van der Waals surface area contributed by atoms with Crippen LogP contribution in [-0.4, -0.2) is 5.11 Å². The Balaban J connectivity index is 3.47. The van der Waals surface area contributed by atoms with E-state index in [1.54, 1.807) is 6.08 Å². The molecule has 0 aromatic heterocycles. The number of hydrogen-bond donors (Lipinski definition) is 1. The zero-order valence-electron chi connectivity index (χ0n) is 5.76. The van der Waals surface area contributed by atoms with Crippen LogP contribution in [0.4, 0.5) is 0 Å². The monoisotopic (exact) mass is 114 g/mol. The van der Waals surface area contributed by atoms with E-state index in [-0.39, 0.29) is 0 Å². The van der Waals surface area contributed by atoms with Crippen LogP contribution < -0.4 is 0 Å². The van der Waals surface area contributed by atoms with Crippen LogP contribution >= 0.6 is 0 Å². The van der Waals surface area contributed by atoms with Gasteiger partial charge in [0.15, 0.2) is 0 Å².